The van der Waals surface area contributed by atoms with E-state index in [4.69, 9.17) is 78.9 Å². The van der Waals surface area contributed by atoms with E-state index in [2.05, 4.69) is 64.7 Å². The number of methoxy groups -OCH3 is 5. The number of nitrogens with zero attached hydrogens (tertiary/aromatic N) is 1. The molecule has 0 amide bonds. The van der Waals surface area contributed by atoms with E-state index in [0.717, 1.165) is 46.8 Å². The van der Waals surface area contributed by atoms with Crippen LogP contribution < -0.4 is 342 Å². The van der Waals surface area contributed by atoms with Gasteiger partial charge in [0.2, 0.25) is 31.2 Å². The van der Waals surface area contributed by atoms with Gasteiger partial charge in [-0.2, -0.15) is 13.0 Å². The first-order valence-electron chi connectivity index (χ1n) is 28.8. The molecule has 0 radical (unpaired) electrons. The van der Waals surface area contributed by atoms with Crippen molar-refractivity contribution in [2.45, 2.75) is 192 Å². The summed E-state index contributed by atoms with van der Waals surface area (Å²) in [6.45, 7) is 1.14. The summed E-state index contributed by atoms with van der Waals surface area (Å²) in [6.07, 6.45) is -55.9. The molecule has 5 rings (SSSR count). The number of hydrogen-bond acceptors (Lipinski definition) is 57. The van der Waals surface area contributed by atoms with E-state index in [1.807, 2.05) is 0 Å². The van der Waals surface area contributed by atoms with E-state index in [-0.39, 0.29) is 339 Å². The molecule has 111 heavy (non-hydrogen) atoms. The predicted molar refractivity (Wildman–Crippen MR) is 289 cm³/mol. The molecule has 0 aromatic carbocycles. The molecule has 5 aliphatic rings. The molecule has 5 aliphatic heterocycles. The Morgan fingerprint density at radius 1 is 0.577 bits per heavy atom. The molecule has 5 fully saturated rings. The molecule has 4 N–H and O–H groups in total. The van der Waals surface area contributed by atoms with Gasteiger partial charge in [0, 0.05) is 42.6 Å². The molecule has 5 saturated heterocycles. The van der Waals surface area contributed by atoms with Crippen LogP contribution in [0.4, 0.5) is 0 Å². The summed E-state index contributed by atoms with van der Waals surface area (Å²) in [7, 11) is -13.0. The fourth-order valence-corrected chi connectivity index (χ4v) is 14.3. The molecule has 70 heteroatoms. The van der Waals surface area contributed by atoms with E-state index in [0.29, 0.717) is 13.8 Å². The molecule has 0 aliphatic carbocycles. The fourth-order valence-electron chi connectivity index (χ4n) is 11.1. The van der Waals surface area contributed by atoms with Gasteiger partial charge in [-0.3, -0.25) is 46.1 Å². The second kappa shape index (κ2) is 61.5. The van der Waals surface area contributed by atoms with Crippen molar-refractivity contribution < 1.29 is 530 Å². The number of ether oxygens (including phenoxy) is 14. The number of aliphatic carboxylic acids is 2. The van der Waals surface area contributed by atoms with Gasteiger partial charge < -0.3 is 136 Å². The zero-order valence-corrected chi connectivity index (χ0v) is 89.1. The van der Waals surface area contributed by atoms with Gasteiger partial charge in [0.1, 0.15) is 150 Å². The zero-order valence-electron chi connectivity index (χ0n) is 66.6. The molecule has 0 aromatic heterocycles. The van der Waals surface area contributed by atoms with Crippen LogP contribution in [0.15, 0.2) is 0 Å². The Hall–Kier alpha value is 8.86. The summed E-state index contributed by atoms with van der Waals surface area (Å²) in [4.78, 5) is 27.4. The maximum atomic E-state index is 13.8. The molecular weight excluding hydrogens is 1800 g/mol. The van der Waals surface area contributed by atoms with Gasteiger partial charge in [0.25, 0.3) is 0 Å². The third-order valence-corrected chi connectivity index (χ3v) is 18.8. The number of carbonyl (C=O) groups excluding carboxylic acids is 2. The van der Waals surface area contributed by atoms with Gasteiger partial charge in [0.05, 0.1) is 36.7 Å². The van der Waals surface area contributed by atoms with Crippen molar-refractivity contribution in [2.75, 3.05) is 55.8 Å². The Morgan fingerprint density at radius 2 is 1.11 bits per heavy atom. The van der Waals surface area contributed by atoms with Gasteiger partial charge in [-0.05, 0) is 34.6 Å². The number of carboxylic acids is 2. The third-order valence-electron chi connectivity index (χ3n) is 15.1. The maximum Gasteiger partial charge on any atom is 1.00 e. The average molecular weight is 1870 g/mol. The molecular formula is C41H63N3Na10O49S8. The van der Waals surface area contributed by atoms with E-state index < -0.39 is 238 Å². The van der Waals surface area contributed by atoms with Gasteiger partial charge in [-0.15, -0.1) is 8.67 Å². The molecule has 0 spiro atoms. The largest absolute Gasteiger partial charge is 1.00 e. The van der Waals surface area contributed by atoms with Gasteiger partial charge >= 0.3 is 296 Å². The number of rotatable bonds is 44. The van der Waals surface area contributed by atoms with Gasteiger partial charge in [-0.1, -0.05) is 0 Å². The Kier molecular flexibility index (Phi) is 67.5. The van der Waals surface area contributed by atoms with E-state index in [9.17, 15) is 101 Å². The topological polar surface area (TPSA) is 703 Å². The summed E-state index contributed by atoms with van der Waals surface area (Å²) >= 11 is -1.06. The van der Waals surface area contributed by atoms with Crippen molar-refractivity contribution in [3.8, 4) is 0 Å². The van der Waals surface area contributed by atoms with Gasteiger partial charge in [0.15, 0.2) is 62.2 Å². The van der Waals surface area contributed by atoms with Crippen molar-refractivity contribution in [3.63, 3.8) is 0 Å². The maximum absolute atomic E-state index is 13.8. The monoisotopic (exact) mass is 1870 g/mol. The number of carboxylic acid groups (broad SMARTS) is 2. The summed E-state index contributed by atoms with van der Waals surface area (Å²) in [5, 5.41) is 125. The molecule has 26 atom stereocenters. The standard InChI is InChI=1S/C41H73N3O49S8.10Na/c1-14(82-100(59,60)61)25-41(5,80-37-30(67-9)38(2,50)28(22(75-37)31(46)47)77-36-23(44(6)96-91-86-53)39(3,69-11)26(66-8)16(73-36)12-70-97-92-87-54)27(81-98-93-88-55)18(43-95-90-85-52)34(76-25)79-40(4)24(45)21(83-101(62,63)64)35(78-29(40)32(48)49)74-19-15(13-71-99(56,57)58)72-33(68-10)17(20(19)65-7)42-94-89-84-51;;;;;;;;;;/h14-30,33-37,42-43,45,50-55H,12-13H2,1-11H3,(H,46,47)(H,48,49)(H,56,57,58)(H,59,60,61)(H,62,63,64);;;;;;;;;;/q;10*+1/p-10/t14?,15-,16-,17?,18?,19+,20?,21?,22+,23?,24-,25?,26+,27+,28+,29?,30?,33-,34+,35+,36+,37-,38?,39?,40-,41+;;;;;;;;;;/m0........../s1/i21D,24D,29D,35D;;;;;;;;;;. The average Bonchev–Trinajstić information content (AvgIpc) is 0.668. The molecule has 52 nitrogen and oxygen atoms in total. The number of nitrogens with one attached hydrogen (secondary N) is 2. The van der Waals surface area contributed by atoms with Crippen LogP contribution in [0.3, 0.4) is 0 Å². The smallest absolute Gasteiger partial charge is 0.726 e. The number of likely N-dealkylation sites (N-methyl/N-ethyl adjacent to an activating group) is 1. The van der Waals surface area contributed by atoms with Crippen LogP contribution in [0.1, 0.15) is 40.1 Å². The molecule has 5 heterocycles. The second-order valence-corrected chi connectivity index (χ2v) is 26.9. The SMILES string of the molecule is [2H]C1(OS(=O)(=O)[O-])[C@]([2H])(O[C@H]2C(OC)C(NSOO[O-])[C@@H](OC)O[C@H]2COS(=O)(=O)[O-])OC([2H])(C(=O)[O-])[C@@](C)(O[C@H]2OC(C(C)OS(=O)(=O)[O-])[C@@](C)(O[C@@H]3O[C@@H](C(=O)[O-])[C@@H](O[C@H]4O[C@@H](COSOO[O-])[C@@H](OC)C(C)(OC)C4N(C)SOO[O-])C(C)(O)C3OC)[C@H](OSOO[O-])C2NSOO[O-])[C@@]1([2H])O.[Na+].[Na+].[Na+].[Na+].[Na+].[Na+].[Na+].[Na+].[Na+].[Na+]. The minimum Gasteiger partial charge on any atom is -0.726 e. The van der Waals surface area contributed by atoms with Crippen molar-refractivity contribution in [1.29, 1.82) is 0 Å². The summed E-state index contributed by atoms with van der Waals surface area (Å²) in [6, 6.07) is -6.11. The Morgan fingerprint density at radius 3 is 1.59 bits per heavy atom. The van der Waals surface area contributed by atoms with Crippen LogP contribution in [0.5, 0.6) is 0 Å². The molecule has 594 valence electrons. The summed E-state index contributed by atoms with van der Waals surface area (Å²) < 4.78 is 282. The first kappa shape index (κ1) is 122. The number of aliphatic hydroxyl groups is 2. The first-order valence-corrected chi connectivity index (χ1v) is 34.3. The molecule has 0 aromatic rings. The van der Waals surface area contributed by atoms with E-state index in [1.54, 1.807) is 0 Å². The van der Waals surface area contributed by atoms with E-state index >= 15 is 0 Å². The van der Waals surface area contributed by atoms with Crippen molar-refractivity contribution >= 4 is 104 Å². The zero-order chi connectivity index (χ0) is 79.5. The normalized spacial score (nSPS) is 38.3. The molecule has 0 bridgehead atoms. The van der Waals surface area contributed by atoms with Crippen LogP contribution in [-0.4, -0.2) is 279 Å². The molecule has 11 unspecified atom stereocenters. The van der Waals surface area contributed by atoms with Crippen LogP contribution in [0, 0.1) is 0 Å². The minimum absolute atomic E-state index is 0. The first-order chi connectivity index (χ1) is 48.7. The Balaban J connectivity index is -0.00000297. The van der Waals surface area contributed by atoms with Crippen molar-refractivity contribution in [1.82, 2.24) is 13.7 Å². The van der Waals surface area contributed by atoms with Crippen molar-refractivity contribution in [2.24, 2.45) is 0 Å². The fraction of sp³-hybridized carbons (Fsp3) is 0.951. The van der Waals surface area contributed by atoms with Crippen LogP contribution in [0.25, 0.3) is 0 Å². The Bertz CT molecular complexity index is 3190. The van der Waals surface area contributed by atoms with Crippen LogP contribution >= 0.6 is 61.3 Å². The second-order valence-electron chi connectivity index (χ2n) is 20.9. The van der Waals surface area contributed by atoms with Crippen LogP contribution in [0.2, 0.25) is 0 Å². The minimum atomic E-state index is -6.91. The van der Waals surface area contributed by atoms with Gasteiger partial charge in [-0.25, -0.2) is 39.0 Å². The number of carbonyl (C=O) groups is 2. The molecule has 0 saturated carbocycles. The van der Waals surface area contributed by atoms with E-state index in [1.165, 1.54) is 14.0 Å². The number of hydrogen-bond donors (Lipinski definition) is 4. The van der Waals surface area contributed by atoms with Crippen LogP contribution in [-0.2, 0) is 175 Å². The van der Waals surface area contributed by atoms with Crippen molar-refractivity contribution in [3.05, 3.63) is 0 Å². The summed E-state index contributed by atoms with van der Waals surface area (Å²) in [5.41, 5.74) is -12.6. The Labute approximate surface area is 882 Å². The quantitative estimate of drug-likeness (QED) is 0.00643. The summed E-state index contributed by atoms with van der Waals surface area (Å²) in [5.74, 6) is -5.55. The third kappa shape index (κ3) is 36.5. The predicted octanol–water partition coefficient (Wildman–Crippen LogP) is -42.6.